The molecule has 4 heterocycles. The zero-order chi connectivity index (χ0) is 18.8. The number of H-pyrrole nitrogens is 1. The van der Waals surface area contributed by atoms with Crippen LogP contribution in [0.25, 0.3) is 0 Å². The molecular formula is C18H27N7O2. The Balaban J connectivity index is 1.54. The van der Waals surface area contributed by atoms with Gasteiger partial charge in [-0.3, -0.25) is 5.10 Å². The first kappa shape index (κ1) is 18.0. The Hall–Kier alpha value is -2.39. The number of piperidine rings is 2. The van der Waals surface area contributed by atoms with Gasteiger partial charge in [0.15, 0.2) is 5.82 Å². The summed E-state index contributed by atoms with van der Waals surface area (Å²) in [4.78, 5) is 11.4. The fourth-order valence-corrected chi connectivity index (χ4v) is 4.09. The van der Waals surface area contributed by atoms with Crippen LogP contribution in [0.5, 0.6) is 5.88 Å². The van der Waals surface area contributed by atoms with Gasteiger partial charge in [0.1, 0.15) is 5.82 Å². The Labute approximate surface area is 158 Å². The fraction of sp³-hybridized carbons (Fsp3) is 0.611. The lowest BCUT2D eigenvalue weighted by atomic mass is 9.83. The summed E-state index contributed by atoms with van der Waals surface area (Å²) in [7, 11) is 3.66. The van der Waals surface area contributed by atoms with Crippen molar-refractivity contribution in [2.45, 2.75) is 56.8 Å². The number of nitrogens with zero attached hydrogens (tertiary/aromatic N) is 4. The van der Waals surface area contributed by atoms with E-state index in [9.17, 15) is 5.11 Å². The van der Waals surface area contributed by atoms with E-state index in [2.05, 4.69) is 42.7 Å². The largest absolute Gasteiger partial charge is 0.481 e. The lowest BCUT2D eigenvalue weighted by Crippen LogP contribution is -2.54. The van der Waals surface area contributed by atoms with Crippen LogP contribution in [0.15, 0.2) is 12.1 Å². The van der Waals surface area contributed by atoms with E-state index in [0.29, 0.717) is 47.3 Å². The van der Waals surface area contributed by atoms with Crippen LogP contribution < -0.4 is 20.3 Å². The molecule has 2 aromatic heterocycles. The van der Waals surface area contributed by atoms with Crippen molar-refractivity contribution in [1.29, 1.82) is 0 Å². The minimum absolute atomic E-state index is 0.0895. The first-order chi connectivity index (χ1) is 13.1. The third-order valence-corrected chi connectivity index (χ3v) is 5.51. The summed E-state index contributed by atoms with van der Waals surface area (Å²) >= 11 is 0. The van der Waals surface area contributed by atoms with Gasteiger partial charge in [0.2, 0.25) is 11.8 Å². The third-order valence-electron chi connectivity index (χ3n) is 5.51. The average molecular weight is 373 g/mol. The normalized spacial score (nSPS) is 24.5. The molecule has 27 heavy (non-hydrogen) atoms. The van der Waals surface area contributed by atoms with Crippen molar-refractivity contribution in [3.63, 3.8) is 0 Å². The SMILES string of the molecule is COc1cc(Nc2cc(CO)[nH]n2)nc(N(C)C2CC3CCCC(C2)N3)n1. The number of ether oxygens (including phenoxy) is 1. The predicted molar refractivity (Wildman–Crippen MR) is 102 cm³/mol. The Kier molecular flexibility index (Phi) is 5.13. The van der Waals surface area contributed by atoms with Gasteiger partial charge < -0.3 is 25.4 Å². The molecule has 4 N–H and O–H groups in total. The first-order valence-electron chi connectivity index (χ1n) is 9.48. The Morgan fingerprint density at radius 1 is 1.22 bits per heavy atom. The summed E-state index contributed by atoms with van der Waals surface area (Å²) in [5, 5.41) is 22.9. The van der Waals surface area contributed by atoms with Crippen molar-refractivity contribution in [2.24, 2.45) is 0 Å². The van der Waals surface area contributed by atoms with Crippen LogP contribution in [0.1, 0.15) is 37.8 Å². The van der Waals surface area contributed by atoms with Crippen molar-refractivity contribution >= 4 is 17.6 Å². The molecular weight excluding hydrogens is 346 g/mol. The second-order valence-corrected chi connectivity index (χ2v) is 7.38. The minimum Gasteiger partial charge on any atom is -0.481 e. The molecule has 2 aromatic rings. The number of anilines is 3. The molecule has 9 nitrogen and oxygen atoms in total. The quantitative estimate of drug-likeness (QED) is 0.604. The van der Waals surface area contributed by atoms with E-state index in [1.807, 2.05) is 0 Å². The number of rotatable bonds is 6. The highest BCUT2D eigenvalue weighted by molar-refractivity contribution is 5.55. The highest BCUT2D eigenvalue weighted by atomic mass is 16.5. The number of hydrogen-bond donors (Lipinski definition) is 4. The molecule has 2 aliphatic rings. The van der Waals surface area contributed by atoms with Crippen LogP contribution in [0.4, 0.5) is 17.6 Å². The fourth-order valence-electron chi connectivity index (χ4n) is 4.09. The predicted octanol–water partition coefficient (Wildman–Crippen LogP) is 1.55. The van der Waals surface area contributed by atoms with Crippen molar-refractivity contribution in [3.8, 4) is 5.88 Å². The number of hydrogen-bond acceptors (Lipinski definition) is 8. The highest BCUT2D eigenvalue weighted by Crippen LogP contribution is 2.30. The van der Waals surface area contributed by atoms with E-state index in [1.165, 1.54) is 19.3 Å². The first-order valence-corrected chi connectivity index (χ1v) is 9.48. The second kappa shape index (κ2) is 7.69. The van der Waals surface area contributed by atoms with E-state index >= 15 is 0 Å². The van der Waals surface area contributed by atoms with E-state index in [4.69, 9.17) is 4.74 Å². The van der Waals surface area contributed by atoms with Crippen LogP contribution in [-0.2, 0) is 6.61 Å². The molecule has 2 saturated heterocycles. The molecule has 2 fully saturated rings. The Morgan fingerprint density at radius 2 is 2.00 bits per heavy atom. The van der Waals surface area contributed by atoms with Crippen molar-refractivity contribution in [3.05, 3.63) is 17.8 Å². The van der Waals surface area contributed by atoms with Crippen molar-refractivity contribution < 1.29 is 9.84 Å². The number of nitrogens with one attached hydrogen (secondary N) is 3. The number of aliphatic hydroxyl groups excluding tert-OH is 1. The number of aliphatic hydroxyl groups is 1. The molecule has 0 amide bonds. The van der Waals surface area contributed by atoms with Gasteiger partial charge in [0.25, 0.3) is 0 Å². The van der Waals surface area contributed by atoms with Crippen molar-refractivity contribution in [2.75, 3.05) is 24.4 Å². The summed E-state index contributed by atoms with van der Waals surface area (Å²) in [5.41, 5.74) is 0.636. The van der Waals surface area contributed by atoms with E-state index in [0.717, 1.165) is 12.8 Å². The lowest BCUT2D eigenvalue weighted by Gasteiger charge is -2.43. The smallest absolute Gasteiger partial charge is 0.230 e. The molecule has 2 atom stereocenters. The molecule has 2 unspecified atom stereocenters. The molecule has 0 spiro atoms. The highest BCUT2D eigenvalue weighted by Gasteiger charge is 2.34. The molecule has 9 heteroatoms. The average Bonchev–Trinajstić information content (AvgIpc) is 3.14. The van der Waals surface area contributed by atoms with Gasteiger partial charge in [-0.05, 0) is 25.7 Å². The second-order valence-electron chi connectivity index (χ2n) is 7.38. The number of aromatic amines is 1. The summed E-state index contributed by atoms with van der Waals surface area (Å²) in [6, 6.07) is 5.07. The molecule has 0 aliphatic carbocycles. The van der Waals surface area contributed by atoms with Gasteiger partial charge >= 0.3 is 0 Å². The molecule has 0 saturated carbocycles. The summed E-state index contributed by atoms with van der Waals surface area (Å²) in [6.45, 7) is -0.0895. The zero-order valence-corrected chi connectivity index (χ0v) is 15.8. The van der Waals surface area contributed by atoms with Crippen LogP contribution in [0.2, 0.25) is 0 Å². The molecule has 146 valence electrons. The molecule has 0 radical (unpaired) electrons. The van der Waals surface area contributed by atoms with Crippen LogP contribution in [-0.4, -0.2) is 57.6 Å². The molecule has 0 aromatic carbocycles. The maximum Gasteiger partial charge on any atom is 0.230 e. The van der Waals surface area contributed by atoms with Gasteiger partial charge in [0.05, 0.1) is 19.4 Å². The van der Waals surface area contributed by atoms with Crippen LogP contribution >= 0.6 is 0 Å². The molecule has 2 aliphatic heterocycles. The molecule has 2 bridgehead atoms. The van der Waals surface area contributed by atoms with E-state index in [-0.39, 0.29) is 6.61 Å². The van der Waals surface area contributed by atoms with Crippen LogP contribution in [0.3, 0.4) is 0 Å². The van der Waals surface area contributed by atoms with Gasteiger partial charge in [0, 0.05) is 37.3 Å². The maximum absolute atomic E-state index is 9.17. The summed E-state index contributed by atoms with van der Waals surface area (Å²) < 4.78 is 5.37. The minimum atomic E-state index is -0.0895. The summed E-state index contributed by atoms with van der Waals surface area (Å²) in [6.07, 6.45) is 6.03. The zero-order valence-electron chi connectivity index (χ0n) is 15.8. The number of aromatic nitrogens is 4. The van der Waals surface area contributed by atoms with Crippen molar-refractivity contribution in [1.82, 2.24) is 25.5 Å². The van der Waals surface area contributed by atoms with Gasteiger partial charge in [-0.1, -0.05) is 6.42 Å². The maximum atomic E-state index is 9.17. The third kappa shape index (κ3) is 3.98. The Morgan fingerprint density at radius 3 is 2.67 bits per heavy atom. The van der Waals surface area contributed by atoms with Gasteiger partial charge in [-0.2, -0.15) is 15.1 Å². The van der Waals surface area contributed by atoms with Crippen LogP contribution in [0, 0.1) is 0 Å². The van der Waals surface area contributed by atoms with Gasteiger partial charge in [-0.15, -0.1) is 0 Å². The lowest BCUT2D eigenvalue weighted by molar-refractivity contribution is 0.218. The van der Waals surface area contributed by atoms with E-state index < -0.39 is 0 Å². The van der Waals surface area contributed by atoms with Gasteiger partial charge in [-0.25, -0.2) is 0 Å². The number of methoxy groups -OCH3 is 1. The van der Waals surface area contributed by atoms with E-state index in [1.54, 1.807) is 19.2 Å². The summed E-state index contributed by atoms with van der Waals surface area (Å²) in [5.74, 6) is 2.33. The number of fused-ring (bicyclic) bond motifs is 2. The topological polar surface area (TPSA) is 111 Å². The molecule has 4 rings (SSSR count). The Bertz CT molecular complexity index is 769. The monoisotopic (exact) mass is 373 g/mol. The standard InChI is InChI=1S/C18H27N7O2/c1-25(14-6-11-4-3-5-12(7-14)19-11)18-21-15(9-17(22-18)27-2)20-16-8-13(10-26)23-24-16/h8-9,11-12,14,19,26H,3-7,10H2,1-2H3,(H2,20,21,22,23,24).